The number of hydrogen-bond acceptors (Lipinski definition) is 5. The van der Waals surface area contributed by atoms with E-state index in [1.165, 1.54) is 19.2 Å². The molecule has 1 saturated heterocycles. The van der Waals surface area contributed by atoms with Crippen molar-refractivity contribution < 1.29 is 32.6 Å². The van der Waals surface area contributed by atoms with E-state index in [1.807, 2.05) is 0 Å². The van der Waals surface area contributed by atoms with Gasteiger partial charge < -0.3 is 20.1 Å². The number of carbonyl (C=O) groups is 2. The fourth-order valence-electron chi connectivity index (χ4n) is 3.80. The Morgan fingerprint density at radius 1 is 1.06 bits per heavy atom. The first-order chi connectivity index (χ1) is 15.6. The number of halogens is 3. The molecule has 33 heavy (non-hydrogen) atoms. The molecule has 0 atom stereocenters. The Balaban J connectivity index is 1.43. The summed E-state index contributed by atoms with van der Waals surface area (Å²) in [5, 5.41) is 14.1. The number of ether oxygens (including phenoxy) is 1. The smallest absolute Gasteiger partial charge is 0.416 e. The number of methoxy groups -OCH3 is 1. The fraction of sp³-hybridized carbons (Fsp3) is 0.417. The maximum absolute atomic E-state index is 12.7. The van der Waals surface area contributed by atoms with Crippen LogP contribution in [0.15, 0.2) is 48.5 Å². The van der Waals surface area contributed by atoms with Crippen LogP contribution in [0, 0.1) is 0 Å². The minimum Gasteiger partial charge on any atom is -0.465 e. The summed E-state index contributed by atoms with van der Waals surface area (Å²) in [6, 6.07) is 11.4. The number of esters is 1. The largest absolute Gasteiger partial charge is 0.465 e. The van der Waals surface area contributed by atoms with E-state index in [-0.39, 0.29) is 12.3 Å². The Morgan fingerprint density at radius 3 is 2.21 bits per heavy atom. The van der Waals surface area contributed by atoms with Crippen LogP contribution < -0.4 is 5.32 Å². The second-order valence-electron chi connectivity index (χ2n) is 8.22. The number of anilines is 1. The molecule has 2 aromatic rings. The van der Waals surface area contributed by atoms with Gasteiger partial charge in [0.1, 0.15) is 0 Å². The molecule has 1 amide bonds. The van der Waals surface area contributed by atoms with Crippen LogP contribution >= 0.6 is 0 Å². The average Bonchev–Trinajstić information content (AvgIpc) is 2.79. The predicted octanol–water partition coefficient (Wildman–Crippen LogP) is 3.89. The molecule has 178 valence electrons. The molecule has 0 aliphatic carbocycles. The first-order valence-corrected chi connectivity index (χ1v) is 10.7. The molecule has 9 heteroatoms. The van der Waals surface area contributed by atoms with Crippen LogP contribution in [-0.4, -0.2) is 54.2 Å². The van der Waals surface area contributed by atoms with Crippen molar-refractivity contribution in [3.8, 4) is 0 Å². The van der Waals surface area contributed by atoms with Crippen LogP contribution in [0.4, 0.5) is 18.9 Å². The zero-order valence-electron chi connectivity index (χ0n) is 18.3. The Hall–Kier alpha value is -3.07. The van der Waals surface area contributed by atoms with Crippen molar-refractivity contribution >= 4 is 17.6 Å². The van der Waals surface area contributed by atoms with Gasteiger partial charge in [-0.2, -0.15) is 13.2 Å². The number of aliphatic hydroxyl groups is 1. The first kappa shape index (κ1) is 24.6. The van der Waals surface area contributed by atoms with Gasteiger partial charge in [0.15, 0.2) is 0 Å². The van der Waals surface area contributed by atoms with Crippen LogP contribution in [0.3, 0.4) is 0 Å². The lowest BCUT2D eigenvalue weighted by Crippen LogP contribution is -2.47. The summed E-state index contributed by atoms with van der Waals surface area (Å²) in [7, 11) is 1.32. The van der Waals surface area contributed by atoms with E-state index in [2.05, 4.69) is 10.1 Å². The first-order valence-electron chi connectivity index (χ1n) is 10.7. The Kier molecular flexibility index (Phi) is 7.63. The maximum Gasteiger partial charge on any atom is 0.416 e. The third-order valence-corrected chi connectivity index (χ3v) is 5.91. The van der Waals surface area contributed by atoms with E-state index < -0.39 is 23.3 Å². The summed E-state index contributed by atoms with van der Waals surface area (Å²) in [4.78, 5) is 25.6. The van der Waals surface area contributed by atoms with Gasteiger partial charge in [-0.25, -0.2) is 4.79 Å². The van der Waals surface area contributed by atoms with E-state index in [4.69, 9.17) is 0 Å². The number of rotatable bonds is 7. The van der Waals surface area contributed by atoms with Crippen LogP contribution in [0.25, 0.3) is 0 Å². The van der Waals surface area contributed by atoms with Gasteiger partial charge in [0, 0.05) is 25.3 Å². The molecule has 2 aromatic carbocycles. The summed E-state index contributed by atoms with van der Waals surface area (Å²) in [5.41, 5.74) is 0.154. The standard InChI is InChI=1S/C24H27F3N2O4/c1-33-22(31)18-4-8-20(9-5-18)28-13-10-23(32)11-14-29(15-12-23)21(30)16-17-2-6-19(7-3-17)24(25,26)27/h2-9,28,32H,10-16H2,1H3. The SMILES string of the molecule is COC(=O)c1ccc(NCCC2(O)CCN(C(=O)Cc3ccc(C(F)(F)F)cc3)CC2)cc1. The number of piperidine rings is 1. The molecule has 6 nitrogen and oxygen atoms in total. The zero-order valence-corrected chi connectivity index (χ0v) is 18.3. The molecule has 0 radical (unpaired) electrons. The Labute approximate surface area is 190 Å². The highest BCUT2D eigenvalue weighted by atomic mass is 19.4. The second-order valence-corrected chi connectivity index (χ2v) is 8.22. The normalized spacial score (nSPS) is 15.7. The lowest BCUT2D eigenvalue weighted by Gasteiger charge is -2.38. The van der Waals surface area contributed by atoms with Crippen molar-refractivity contribution in [1.29, 1.82) is 0 Å². The second kappa shape index (κ2) is 10.2. The molecule has 0 bridgehead atoms. The van der Waals surface area contributed by atoms with Crippen molar-refractivity contribution in [2.75, 3.05) is 32.1 Å². The van der Waals surface area contributed by atoms with E-state index in [0.29, 0.717) is 50.0 Å². The molecule has 0 aromatic heterocycles. The van der Waals surface area contributed by atoms with Gasteiger partial charge in [-0.1, -0.05) is 12.1 Å². The Bertz CT molecular complexity index is 951. The van der Waals surface area contributed by atoms with Gasteiger partial charge in [-0.3, -0.25) is 4.79 Å². The number of amides is 1. The van der Waals surface area contributed by atoms with Crippen LogP contribution in [0.1, 0.15) is 40.7 Å². The van der Waals surface area contributed by atoms with Gasteiger partial charge in [-0.15, -0.1) is 0 Å². The van der Waals surface area contributed by atoms with Crippen LogP contribution in [0.2, 0.25) is 0 Å². The molecule has 3 rings (SSSR count). The summed E-state index contributed by atoms with van der Waals surface area (Å²) >= 11 is 0. The summed E-state index contributed by atoms with van der Waals surface area (Å²) < 4.78 is 42.7. The highest BCUT2D eigenvalue weighted by molar-refractivity contribution is 5.89. The van der Waals surface area contributed by atoms with Crippen molar-refractivity contribution in [2.45, 2.75) is 37.5 Å². The third kappa shape index (κ3) is 6.71. The summed E-state index contributed by atoms with van der Waals surface area (Å²) in [6.45, 7) is 1.31. The highest BCUT2D eigenvalue weighted by Crippen LogP contribution is 2.30. The molecule has 1 aliphatic heterocycles. The van der Waals surface area contributed by atoms with Crippen molar-refractivity contribution in [2.24, 2.45) is 0 Å². The van der Waals surface area contributed by atoms with Crippen molar-refractivity contribution in [3.63, 3.8) is 0 Å². The maximum atomic E-state index is 12.7. The van der Waals surface area contributed by atoms with Gasteiger partial charge in [-0.05, 0) is 61.2 Å². The molecule has 0 unspecified atom stereocenters. The average molecular weight is 464 g/mol. The van der Waals surface area contributed by atoms with Gasteiger partial charge in [0.05, 0.1) is 30.3 Å². The topological polar surface area (TPSA) is 78.9 Å². The Morgan fingerprint density at radius 2 is 1.67 bits per heavy atom. The number of nitrogens with one attached hydrogen (secondary N) is 1. The lowest BCUT2D eigenvalue weighted by atomic mass is 9.88. The predicted molar refractivity (Wildman–Crippen MR) is 117 cm³/mol. The number of nitrogens with zero attached hydrogens (tertiary/aromatic N) is 1. The molecular weight excluding hydrogens is 437 g/mol. The number of alkyl halides is 3. The minimum atomic E-state index is -4.40. The highest BCUT2D eigenvalue weighted by Gasteiger charge is 2.34. The van der Waals surface area contributed by atoms with E-state index in [1.54, 1.807) is 29.2 Å². The number of carbonyl (C=O) groups excluding carboxylic acids is 2. The van der Waals surface area contributed by atoms with Crippen molar-refractivity contribution in [3.05, 3.63) is 65.2 Å². The van der Waals surface area contributed by atoms with Gasteiger partial charge in [0.2, 0.25) is 5.91 Å². The van der Waals surface area contributed by atoms with Gasteiger partial charge >= 0.3 is 12.1 Å². The number of benzene rings is 2. The van der Waals surface area contributed by atoms with E-state index in [0.717, 1.165) is 17.8 Å². The quantitative estimate of drug-likeness (QED) is 0.608. The van der Waals surface area contributed by atoms with E-state index in [9.17, 15) is 27.9 Å². The molecule has 1 fully saturated rings. The molecular formula is C24H27F3N2O4. The fourth-order valence-corrected chi connectivity index (χ4v) is 3.80. The third-order valence-electron chi connectivity index (χ3n) is 5.91. The molecule has 1 heterocycles. The monoisotopic (exact) mass is 464 g/mol. The van der Waals surface area contributed by atoms with Crippen LogP contribution in [0.5, 0.6) is 0 Å². The van der Waals surface area contributed by atoms with Crippen molar-refractivity contribution in [1.82, 2.24) is 4.90 Å². The summed E-state index contributed by atoms with van der Waals surface area (Å²) in [5.74, 6) is -0.573. The minimum absolute atomic E-state index is 0.0275. The molecule has 1 aliphatic rings. The zero-order chi connectivity index (χ0) is 24.1. The lowest BCUT2D eigenvalue weighted by molar-refractivity contribution is -0.137. The summed E-state index contributed by atoms with van der Waals surface area (Å²) in [6.07, 6.45) is -3.03. The molecule has 0 spiro atoms. The van der Waals surface area contributed by atoms with E-state index >= 15 is 0 Å². The van der Waals surface area contributed by atoms with Gasteiger partial charge in [0.25, 0.3) is 0 Å². The number of likely N-dealkylation sites (tertiary alicyclic amines) is 1. The van der Waals surface area contributed by atoms with Crippen LogP contribution in [-0.2, 0) is 22.1 Å². The molecule has 0 saturated carbocycles. The molecule has 2 N–H and O–H groups in total. The number of hydrogen-bond donors (Lipinski definition) is 2.